The van der Waals surface area contributed by atoms with Crippen LogP contribution in [0.5, 0.6) is 0 Å². The van der Waals surface area contributed by atoms with Gasteiger partial charge in [-0.3, -0.25) is 0 Å². The Morgan fingerprint density at radius 2 is 1.96 bits per heavy atom. The fraction of sp³-hybridized carbons (Fsp3) is 0.625. The van der Waals surface area contributed by atoms with E-state index in [1.54, 1.807) is 22.5 Å². The zero-order chi connectivity index (χ0) is 16.5. The van der Waals surface area contributed by atoms with Crippen LogP contribution in [-0.2, 0) is 10.0 Å². The number of halogens is 2. The van der Waals surface area contributed by atoms with Gasteiger partial charge >= 0.3 is 0 Å². The maximum Gasteiger partial charge on any atom is 0.243 e. The quantitative estimate of drug-likeness (QED) is 0.850. The van der Waals surface area contributed by atoms with Gasteiger partial charge in [0, 0.05) is 44.3 Å². The molecule has 1 aromatic rings. The van der Waals surface area contributed by atoms with Gasteiger partial charge in [0.1, 0.15) is 0 Å². The Balaban J connectivity index is 0.00000208. The zero-order valence-electron chi connectivity index (χ0n) is 13.9. The third-order valence-electron chi connectivity index (χ3n) is 4.83. The Morgan fingerprint density at radius 3 is 2.54 bits per heavy atom. The van der Waals surface area contributed by atoms with Gasteiger partial charge in [-0.1, -0.05) is 24.6 Å². The van der Waals surface area contributed by atoms with E-state index >= 15 is 0 Å². The van der Waals surface area contributed by atoms with Crippen molar-refractivity contribution in [3.8, 4) is 0 Å². The van der Waals surface area contributed by atoms with Crippen LogP contribution in [0.15, 0.2) is 29.2 Å². The molecule has 1 atom stereocenters. The van der Waals surface area contributed by atoms with Gasteiger partial charge in [-0.2, -0.15) is 4.31 Å². The van der Waals surface area contributed by atoms with Crippen molar-refractivity contribution in [2.45, 2.75) is 18.2 Å². The van der Waals surface area contributed by atoms with Crippen molar-refractivity contribution in [3.63, 3.8) is 0 Å². The molecule has 2 saturated heterocycles. The van der Waals surface area contributed by atoms with Crippen molar-refractivity contribution in [3.05, 3.63) is 29.3 Å². The minimum Gasteiger partial charge on any atom is -0.316 e. The first-order valence-corrected chi connectivity index (χ1v) is 9.90. The first-order valence-electron chi connectivity index (χ1n) is 8.08. The monoisotopic (exact) mass is 393 g/mol. The van der Waals surface area contributed by atoms with E-state index in [4.69, 9.17) is 11.6 Å². The average molecular weight is 394 g/mol. The van der Waals surface area contributed by atoms with Gasteiger partial charge in [-0.05, 0) is 36.6 Å². The summed E-state index contributed by atoms with van der Waals surface area (Å²) in [6.07, 6.45) is 1.19. The summed E-state index contributed by atoms with van der Waals surface area (Å²) < 4.78 is 27.0. The van der Waals surface area contributed by atoms with Crippen molar-refractivity contribution in [1.82, 2.24) is 14.5 Å². The molecule has 1 N–H and O–H groups in total. The molecule has 0 radical (unpaired) electrons. The molecule has 2 aliphatic heterocycles. The molecule has 0 aromatic heterocycles. The fourth-order valence-electron chi connectivity index (χ4n) is 3.45. The highest BCUT2D eigenvalue weighted by Gasteiger charge is 2.34. The zero-order valence-corrected chi connectivity index (χ0v) is 16.3. The van der Waals surface area contributed by atoms with E-state index in [1.807, 2.05) is 0 Å². The summed E-state index contributed by atoms with van der Waals surface area (Å²) in [7, 11) is -3.44. The van der Waals surface area contributed by atoms with Crippen molar-refractivity contribution < 1.29 is 8.42 Å². The van der Waals surface area contributed by atoms with Crippen LogP contribution >= 0.6 is 24.0 Å². The van der Waals surface area contributed by atoms with Crippen LogP contribution in [0.1, 0.15) is 13.3 Å². The summed E-state index contributed by atoms with van der Waals surface area (Å²) in [5, 5.41) is 3.87. The summed E-state index contributed by atoms with van der Waals surface area (Å²) >= 11 is 5.93. The second-order valence-corrected chi connectivity index (χ2v) is 9.25. The van der Waals surface area contributed by atoms with E-state index in [0.29, 0.717) is 23.5 Å². The average Bonchev–Trinajstić information content (AvgIpc) is 2.94. The van der Waals surface area contributed by atoms with Gasteiger partial charge in [0.25, 0.3) is 0 Å². The first-order chi connectivity index (χ1) is 10.9. The van der Waals surface area contributed by atoms with Gasteiger partial charge in [0.2, 0.25) is 10.0 Å². The molecule has 3 rings (SSSR count). The number of piperazine rings is 1. The van der Waals surface area contributed by atoms with Gasteiger partial charge in [0.05, 0.1) is 4.90 Å². The predicted molar refractivity (Wildman–Crippen MR) is 99.5 cm³/mol. The molecule has 0 amide bonds. The largest absolute Gasteiger partial charge is 0.316 e. The number of benzene rings is 1. The van der Waals surface area contributed by atoms with Crippen molar-refractivity contribution in [2.24, 2.45) is 5.41 Å². The number of nitrogens with one attached hydrogen (secondary N) is 1. The third kappa shape index (κ3) is 4.42. The molecule has 24 heavy (non-hydrogen) atoms. The highest BCUT2D eigenvalue weighted by atomic mass is 35.5. The van der Waals surface area contributed by atoms with Gasteiger partial charge in [0.15, 0.2) is 0 Å². The van der Waals surface area contributed by atoms with Gasteiger partial charge in [-0.15, -0.1) is 12.4 Å². The van der Waals surface area contributed by atoms with Crippen LogP contribution in [0.4, 0.5) is 0 Å². The summed E-state index contributed by atoms with van der Waals surface area (Å²) in [4.78, 5) is 2.67. The fourth-order valence-corrected chi connectivity index (χ4v) is 5.17. The summed E-state index contributed by atoms with van der Waals surface area (Å²) in [6.45, 7) is 8.13. The first kappa shape index (κ1) is 19.9. The molecular formula is C16H25Cl2N3O2S. The van der Waals surface area contributed by atoms with Crippen LogP contribution in [0, 0.1) is 5.41 Å². The molecule has 2 aliphatic rings. The molecule has 136 valence electrons. The van der Waals surface area contributed by atoms with Crippen LogP contribution < -0.4 is 5.32 Å². The van der Waals surface area contributed by atoms with E-state index < -0.39 is 10.0 Å². The Labute approximate surface area is 155 Å². The third-order valence-corrected chi connectivity index (χ3v) is 6.96. The maximum atomic E-state index is 12.7. The van der Waals surface area contributed by atoms with E-state index in [9.17, 15) is 8.42 Å². The molecule has 0 spiro atoms. The number of hydrogen-bond donors (Lipinski definition) is 1. The van der Waals surface area contributed by atoms with Crippen LogP contribution in [0.2, 0.25) is 5.02 Å². The number of sulfonamides is 1. The van der Waals surface area contributed by atoms with E-state index in [1.165, 1.54) is 12.5 Å². The highest BCUT2D eigenvalue weighted by Crippen LogP contribution is 2.27. The topological polar surface area (TPSA) is 52.7 Å². The van der Waals surface area contributed by atoms with E-state index in [0.717, 1.165) is 32.7 Å². The molecular weight excluding hydrogens is 369 g/mol. The lowest BCUT2D eigenvalue weighted by Crippen LogP contribution is -2.51. The summed E-state index contributed by atoms with van der Waals surface area (Å²) in [5.41, 5.74) is 0.313. The second-order valence-electron chi connectivity index (χ2n) is 6.88. The Hall–Kier alpha value is -0.370. The lowest BCUT2D eigenvalue weighted by molar-refractivity contribution is 0.132. The molecule has 1 aromatic carbocycles. The lowest BCUT2D eigenvalue weighted by Gasteiger charge is -2.38. The van der Waals surface area contributed by atoms with Crippen LogP contribution in [0.3, 0.4) is 0 Å². The highest BCUT2D eigenvalue weighted by molar-refractivity contribution is 7.89. The molecule has 8 heteroatoms. The molecule has 5 nitrogen and oxygen atoms in total. The smallest absolute Gasteiger partial charge is 0.243 e. The minimum atomic E-state index is -3.44. The minimum absolute atomic E-state index is 0. The van der Waals surface area contributed by atoms with Crippen molar-refractivity contribution >= 4 is 34.0 Å². The Bertz CT molecular complexity index is 655. The van der Waals surface area contributed by atoms with Crippen molar-refractivity contribution in [2.75, 3.05) is 45.8 Å². The molecule has 2 fully saturated rings. The number of nitrogens with zero attached hydrogens (tertiary/aromatic N) is 2. The van der Waals surface area contributed by atoms with E-state index in [2.05, 4.69) is 17.1 Å². The molecule has 2 heterocycles. The van der Waals surface area contributed by atoms with Gasteiger partial charge in [-0.25, -0.2) is 8.42 Å². The Morgan fingerprint density at radius 1 is 1.25 bits per heavy atom. The van der Waals surface area contributed by atoms with Gasteiger partial charge < -0.3 is 10.2 Å². The summed E-state index contributed by atoms with van der Waals surface area (Å²) in [5.74, 6) is 0. The molecule has 0 aliphatic carbocycles. The number of rotatable bonds is 4. The SMILES string of the molecule is CC1(CN2CCN(S(=O)(=O)c3cccc(Cl)c3)CC2)CCNC1.Cl. The second kappa shape index (κ2) is 7.89. The van der Waals surface area contributed by atoms with E-state index in [-0.39, 0.29) is 17.3 Å². The van der Waals surface area contributed by atoms with Crippen LogP contribution in [0.25, 0.3) is 0 Å². The summed E-state index contributed by atoms with van der Waals surface area (Å²) in [6, 6.07) is 6.50. The molecule has 1 unspecified atom stereocenters. The normalized spacial score (nSPS) is 26.2. The van der Waals surface area contributed by atoms with Crippen LogP contribution in [-0.4, -0.2) is 63.4 Å². The molecule has 0 bridgehead atoms. The number of hydrogen-bond acceptors (Lipinski definition) is 4. The molecule has 0 saturated carbocycles. The predicted octanol–water partition coefficient (Wildman–Crippen LogP) is 2.07. The van der Waals surface area contributed by atoms with Crippen molar-refractivity contribution in [1.29, 1.82) is 0 Å². The lowest BCUT2D eigenvalue weighted by atomic mass is 9.89. The standard InChI is InChI=1S/C16H24ClN3O2S.ClH/c1-16(5-6-18-12-16)13-19-7-9-20(10-8-19)23(21,22)15-4-2-3-14(17)11-15;/h2-4,11,18H,5-10,12-13H2,1H3;1H. The Kier molecular flexibility index (Phi) is 6.56. The maximum absolute atomic E-state index is 12.7.